The first-order valence-corrected chi connectivity index (χ1v) is 5.14. The molecule has 2 aromatic rings. The largest absolute Gasteiger partial charge is 0.478 e. The van der Waals surface area contributed by atoms with Crippen molar-refractivity contribution in [3.05, 3.63) is 35.2 Å². The van der Waals surface area contributed by atoms with Crippen LogP contribution < -0.4 is 5.32 Å². The Morgan fingerprint density at radius 2 is 1.65 bits per heavy atom. The van der Waals surface area contributed by atoms with Crippen LogP contribution in [0.15, 0.2) is 18.2 Å². The summed E-state index contributed by atoms with van der Waals surface area (Å²) in [7, 11) is 0. The van der Waals surface area contributed by atoms with Gasteiger partial charge in [-0.2, -0.15) is 5.21 Å². The van der Waals surface area contributed by atoms with Gasteiger partial charge in [0.25, 0.3) is 11.7 Å². The molecule has 0 aliphatic carbocycles. The number of amides is 1. The zero-order valence-electron chi connectivity index (χ0n) is 9.69. The summed E-state index contributed by atoms with van der Waals surface area (Å²) in [6.45, 7) is 0. The average Bonchev–Trinajstić information content (AvgIpc) is 2.92. The van der Waals surface area contributed by atoms with E-state index in [-0.39, 0.29) is 22.6 Å². The summed E-state index contributed by atoms with van der Waals surface area (Å²) >= 11 is 0. The Morgan fingerprint density at radius 3 is 2.10 bits per heavy atom. The fourth-order valence-electron chi connectivity index (χ4n) is 1.39. The first kappa shape index (κ1) is 13.1. The third-order valence-electron chi connectivity index (χ3n) is 2.23. The normalized spacial score (nSPS) is 10.0. The van der Waals surface area contributed by atoms with Gasteiger partial charge in [-0.1, -0.05) is 0 Å². The van der Waals surface area contributed by atoms with Crippen molar-refractivity contribution < 1.29 is 24.6 Å². The number of aromatic nitrogens is 4. The molecule has 0 saturated carbocycles. The van der Waals surface area contributed by atoms with Gasteiger partial charge in [0.1, 0.15) is 0 Å². The van der Waals surface area contributed by atoms with Gasteiger partial charge in [0.05, 0.1) is 11.1 Å². The lowest BCUT2D eigenvalue weighted by molar-refractivity contribution is 0.0696. The molecular formula is C10H7N5O5. The van der Waals surface area contributed by atoms with Gasteiger partial charge in [-0.25, -0.2) is 9.59 Å². The summed E-state index contributed by atoms with van der Waals surface area (Å²) in [5, 5.41) is 32.2. The second-order valence-corrected chi connectivity index (χ2v) is 3.60. The predicted octanol–water partition coefficient (Wildman–Crippen LogP) is -0.152. The fourth-order valence-corrected chi connectivity index (χ4v) is 1.39. The molecule has 4 N–H and O–H groups in total. The minimum atomic E-state index is -1.32. The summed E-state index contributed by atoms with van der Waals surface area (Å²) < 4.78 is 0. The highest BCUT2D eigenvalue weighted by molar-refractivity contribution is 6.03. The van der Waals surface area contributed by atoms with Crippen LogP contribution in [0.5, 0.6) is 0 Å². The van der Waals surface area contributed by atoms with Gasteiger partial charge in [-0.15, -0.1) is 10.2 Å². The van der Waals surface area contributed by atoms with Gasteiger partial charge in [-0.05, 0) is 23.4 Å². The van der Waals surface area contributed by atoms with Gasteiger partial charge in [0.2, 0.25) is 0 Å². The molecule has 0 radical (unpaired) electrons. The number of anilines is 1. The number of hydrogen-bond donors (Lipinski definition) is 4. The quantitative estimate of drug-likeness (QED) is 0.600. The highest BCUT2D eigenvalue weighted by atomic mass is 16.4. The maximum absolute atomic E-state index is 11.6. The van der Waals surface area contributed by atoms with E-state index in [1.54, 1.807) is 0 Å². The van der Waals surface area contributed by atoms with Crippen LogP contribution in [0.25, 0.3) is 0 Å². The molecule has 2 rings (SSSR count). The van der Waals surface area contributed by atoms with Crippen LogP contribution in [0.3, 0.4) is 0 Å². The Balaban J connectivity index is 2.33. The Kier molecular flexibility index (Phi) is 3.37. The number of carboxylic acid groups (broad SMARTS) is 2. The molecule has 1 aromatic heterocycles. The lowest BCUT2D eigenvalue weighted by Crippen LogP contribution is -2.15. The molecule has 0 aliphatic heterocycles. The number of aromatic amines is 1. The van der Waals surface area contributed by atoms with Crippen LogP contribution in [-0.2, 0) is 0 Å². The van der Waals surface area contributed by atoms with E-state index in [4.69, 9.17) is 10.2 Å². The molecule has 10 heteroatoms. The Labute approximate surface area is 110 Å². The van der Waals surface area contributed by atoms with Crippen molar-refractivity contribution in [3.8, 4) is 0 Å². The number of carbonyl (C=O) groups excluding carboxylic acids is 1. The SMILES string of the molecule is O=C(O)c1cc(NC(=O)c2nn[nH]n2)cc(C(=O)O)c1. The molecular weight excluding hydrogens is 270 g/mol. The van der Waals surface area contributed by atoms with E-state index < -0.39 is 17.8 Å². The minimum Gasteiger partial charge on any atom is -0.478 e. The van der Waals surface area contributed by atoms with Gasteiger partial charge in [-0.3, -0.25) is 4.79 Å². The van der Waals surface area contributed by atoms with Crippen molar-refractivity contribution in [2.24, 2.45) is 0 Å². The second kappa shape index (κ2) is 5.14. The third-order valence-corrected chi connectivity index (χ3v) is 2.23. The molecule has 10 nitrogen and oxygen atoms in total. The number of nitrogens with zero attached hydrogens (tertiary/aromatic N) is 3. The summed E-state index contributed by atoms with van der Waals surface area (Å²) in [4.78, 5) is 33.4. The second-order valence-electron chi connectivity index (χ2n) is 3.60. The van der Waals surface area contributed by atoms with E-state index in [0.29, 0.717) is 0 Å². The van der Waals surface area contributed by atoms with E-state index in [2.05, 4.69) is 25.9 Å². The summed E-state index contributed by atoms with van der Waals surface area (Å²) in [6.07, 6.45) is 0. The molecule has 102 valence electrons. The van der Waals surface area contributed by atoms with Crippen LogP contribution in [-0.4, -0.2) is 48.7 Å². The summed E-state index contributed by atoms with van der Waals surface area (Å²) in [5.74, 6) is -3.65. The average molecular weight is 277 g/mol. The van der Waals surface area contributed by atoms with Crippen LogP contribution in [0, 0.1) is 0 Å². The molecule has 20 heavy (non-hydrogen) atoms. The van der Waals surface area contributed by atoms with Crippen molar-refractivity contribution in [2.45, 2.75) is 0 Å². The zero-order valence-corrected chi connectivity index (χ0v) is 9.69. The number of H-pyrrole nitrogens is 1. The standard InChI is InChI=1S/C10H7N5O5/c16-8(7-12-14-15-13-7)11-6-2-4(9(17)18)1-5(3-6)10(19)20/h1-3H,(H,11,16)(H,17,18)(H,19,20)(H,12,13,14,15). The third kappa shape index (κ3) is 2.75. The van der Waals surface area contributed by atoms with E-state index in [0.717, 1.165) is 18.2 Å². The van der Waals surface area contributed by atoms with Gasteiger partial charge in [0, 0.05) is 5.69 Å². The highest BCUT2D eigenvalue weighted by Crippen LogP contribution is 2.16. The number of tetrazole rings is 1. The lowest BCUT2D eigenvalue weighted by Gasteiger charge is -2.05. The summed E-state index contributed by atoms with van der Waals surface area (Å²) in [6, 6.07) is 3.22. The number of nitrogens with one attached hydrogen (secondary N) is 2. The van der Waals surface area contributed by atoms with E-state index >= 15 is 0 Å². The number of benzene rings is 1. The first-order chi connectivity index (χ1) is 9.47. The van der Waals surface area contributed by atoms with Crippen molar-refractivity contribution in [1.82, 2.24) is 20.6 Å². The van der Waals surface area contributed by atoms with Crippen molar-refractivity contribution in [1.29, 1.82) is 0 Å². The molecule has 0 atom stereocenters. The number of rotatable bonds is 4. The molecule has 1 heterocycles. The van der Waals surface area contributed by atoms with Crippen LogP contribution in [0.4, 0.5) is 5.69 Å². The van der Waals surface area contributed by atoms with Crippen molar-refractivity contribution >= 4 is 23.5 Å². The Morgan fingerprint density at radius 1 is 1.05 bits per heavy atom. The van der Waals surface area contributed by atoms with Crippen LogP contribution in [0.1, 0.15) is 31.3 Å². The molecule has 0 spiro atoms. The monoisotopic (exact) mass is 277 g/mol. The Bertz CT molecular complexity index is 649. The lowest BCUT2D eigenvalue weighted by atomic mass is 10.1. The maximum Gasteiger partial charge on any atom is 0.335 e. The molecule has 1 amide bonds. The maximum atomic E-state index is 11.6. The topological polar surface area (TPSA) is 158 Å². The number of hydrogen-bond acceptors (Lipinski definition) is 6. The van der Waals surface area contributed by atoms with E-state index in [9.17, 15) is 14.4 Å². The minimum absolute atomic E-state index is 0.00269. The molecule has 1 aromatic carbocycles. The predicted molar refractivity (Wildman–Crippen MR) is 62.5 cm³/mol. The van der Waals surface area contributed by atoms with E-state index in [1.165, 1.54) is 0 Å². The zero-order chi connectivity index (χ0) is 14.7. The number of aromatic carboxylic acids is 2. The highest BCUT2D eigenvalue weighted by Gasteiger charge is 2.15. The molecule has 0 saturated heterocycles. The molecule has 0 fully saturated rings. The van der Waals surface area contributed by atoms with Gasteiger partial charge in [0.15, 0.2) is 0 Å². The van der Waals surface area contributed by atoms with Crippen LogP contribution >= 0.6 is 0 Å². The fraction of sp³-hybridized carbons (Fsp3) is 0. The number of carbonyl (C=O) groups is 3. The smallest absolute Gasteiger partial charge is 0.335 e. The number of carboxylic acids is 2. The van der Waals surface area contributed by atoms with Gasteiger partial charge >= 0.3 is 11.9 Å². The van der Waals surface area contributed by atoms with Crippen molar-refractivity contribution in [2.75, 3.05) is 5.32 Å². The molecule has 0 bridgehead atoms. The van der Waals surface area contributed by atoms with Gasteiger partial charge < -0.3 is 15.5 Å². The molecule has 0 aliphatic rings. The van der Waals surface area contributed by atoms with E-state index in [1.807, 2.05) is 0 Å². The van der Waals surface area contributed by atoms with Crippen LogP contribution in [0.2, 0.25) is 0 Å². The summed E-state index contributed by atoms with van der Waals surface area (Å²) in [5.41, 5.74) is -0.543. The Hall–Kier alpha value is -3.30. The van der Waals surface area contributed by atoms with Crippen molar-refractivity contribution in [3.63, 3.8) is 0 Å². The first-order valence-electron chi connectivity index (χ1n) is 5.14. The molecule has 0 unspecified atom stereocenters.